The van der Waals surface area contributed by atoms with Gasteiger partial charge in [-0.3, -0.25) is 9.10 Å². The van der Waals surface area contributed by atoms with Crippen molar-refractivity contribution >= 4 is 21.6 Å². The van der Waals surface area contributed by atoms with Gasteiger partial charge < -0.3 is 9.64 Å². The van der Waals surface area contributed by atoms with Gasteiger partial charge >= 0.3 is 0 Å². The third kappa shape index (κ3) is 3.96. The summed E-state index contributed by atoms with van der Waals surface area (Å²) in [5.74, 6) is 0.294. The Morgan fingerprint density at radius 3 is 2.44 bits per heavy atom. The smallest absolute Gasteiger partial charge is 0.264 e. The lowest BCUT2D eigenvalue weighted by Crippen LogP contribution is -2.36. The van der Waals surface area contributed by atoms with Crippen molar-refractivity contribution in [3.63, 3.8) is 0 Å². The van der Waals surface area contributed by atoms with Crippen LogP contribution < -0.4 is 9.04 Å². The fourth-order valence-electron chi connectivity index (χ4n) is 4.01. The number of sulfonamides is 1. The predicted octanol–water partition coefficient (Wildman–Crippen LogP) is 4.03. The molecule has 0 fully saturated rings. The van der Waals surface area contributed by atoms with E-state index in [1.54, 1.807) is 41.3 Å². The SMILES string of the molecule is COc1ccccc1N(C)S(=O)(=O)c1ccc(C)c(C(=O)N2CCc3ccccc3C2)c1. The monoisotopic (exact) mass is 450 g/mol. The molecular formula is C25H26N2O4S. The summed E-state index contributed by atoms with van der Waals surface area (Å²) in [4.78, 5) is 15.2. The van der Waals surface area contributed by atoms with Crippen LogP contribution in [0.3, 0.4) is 0 Å². The van der Waals surface area contributed by atoms with E-state index in [0.29, 0.717) is 30.1 Å². The van der Waals surface area contributed by atoms with Gasteiger partial charge in [0.25, 0.3) is 15.9 Å². The topological polar surface area (TPSA) is 66.9 Å². The molecule has 0 saturated heterocycles. The molecule has 0 aliphatic carbocycles. The highest BCUT2D eigenvalue weighted by Gasteiger charge is 2.27. The van der Waals surface area contributed by atoms with Crippen molar-refractivity contribution in [2.75, 3.05) is 25.0 Å². The van der Waals surface area contributed by atoms with Crippen molar-refractivity contribution in [2.24, 2.45) is 0 Å². The summed E-state index contributed by atoms with van der Waals surface area (Å²) < 4.78 is 33.2. The van der Waals surface area contributed by atoms with E-state index in [-0.39, 0.29) is 10.8 Å². The minimum Gasteiger partial charge on any atom is -0.495 e. The number of amides is 1. The Morgan fingerprint density at radius 1 is 1.00 bits per heavy atom. The van der Waals surface area contributed by atoms with E-state index in [1.165, 1.54) is 30.1 Å². The van der Waals surface area contributed by atoms with Crippen molar-refractivity contribution in [3.8, 4) is 5.75 Å². The molecule has 0 unspecified atom stereocenters. The van der Waals surface area contributed by atoms with Crippen LogP contribution in [0.4, 0.5) is 5.69 Å². The standard InChI is InChI=1S/C25H26N2O4S/c1-18-12-13-21(32(29,30)26(2)23-10-6-7-11-24(23)31-3)16-22(18)25(28)27-15-14-19-8-4-5-9-20(19)17-27/h4-13,16H,14-15,17H2,1-3H3. The Morgan fingerprint density at radius 2 is 1.69 bits per heavy atom. The van der Waals surface area contributed by atoms with Crippen LogP contribution in [-0.4, -0.2) is 39.9 Å². The molecule has 32 heavy (non-hydrogen) atoms. The minimum atomic E-state index is -3.89. The van der Waals surface area contributed by atoms with Crippen LogP contribution in [0.15, 0.2) is 71.6 Å². The molecule has 0 radical (unpaired) electrons. The fourth-order valence-corrected chi connectivity index (χ4v) is 5.24. The maximum Gasteiger partial charge on any atom is 0.264 e. The molecule has 4 rings (SSSR count). The van der Waals surface area contributed by atoms with Crippen LogP contribution in [0, 0.1) is 6.92 Å². The zero-order chi connectivity index (χ0) is 22.9. The molecule has 0 spiro atoms. The van der Waals surface area contributed by atoms with Crippen LogP contribution >= 0.6 is 0 Å². The number of para-hydroxylation sites is 2. The van der Waals surface area contributed by atoms with Crippen LogP contribution in [0.5, 0.6) is 5.75 Å². The molecule has 6 nitrogen and oxygen atoms in total. The van der Waals surface area contributed by atoms with Gasteiger partial charge in [0.15, 0.2) is 0 Å². The second-order valence-electron chi connectivity index (χ2n) is 7.87. The van der Waals surface area contributed by atoms with E-state index in [2.05, 4.69) is 6.07 Å². The van der Waals surface area contributed by atoms with Crippen molar-refractivity contribution in [1.82, 2.24) is 4.90 Å². The summed E-state index contributed by atoms with van der Waals surface area (Å²) in [6.45, 7) is 2.95. The molecule has 1 aliphatic heterocycles. The van der Waals surface area contributed by atoms with Crippen molar-refractivity contribution in [1.29, 1.82) is 0 Å². The maximum atomic E-state index is 13.4. The minimum absolute atomic E-state index is 0.0669. The van der Waals surface area contributed by atoms with Gasteiger partial charge in [-0.2, -0.15) is 0 Å². The van der Waals surface area contributed by atoms with Gasteiger partial charge in [0.05, 0.1) is 17.7 Å². The van der Waals surface area contributed by atoms with Gasteiger partial charge in [0.2, 0.25) is 0 Å². The van der Waals surface area contributed by atoms with Crippen LogP contribution in [0.2, 0.25) is 0 Å². The van der Waals surface area contributed by atoms with Gasteiger partial charge in [-0.05, 0) is 54.3 Å². The normalized spacial score (nSPS) is 13.4. The number of ether oxygens (including phenoxy) is 1. The number of nitrogens with zero attached hydrogens (tertiary/aromatic N) is 2. The summed E-state index contributed by atoms with van der Waals surface area (Å²) in [5.41, 5.74) is 3.95. The molecule has 1 heterocycles. The van der Waals surface area contributed by atoms with Gasteiger partial charge in [-0.1, -0.05) is 42.5 Å². The molecular weight excluding hydrogens is 424 g/mol. The average Bonchev–Trinajstić information content (AvgIpc) is 2.82. The first-order valence-electron chi connectivity index (χ1n) is 10.4. The predicted molar refractivity (Wildman–Crippen MR) is 125 cm³/mol. The molecule has 1 aliphatic rings. The Hall–Kier alpha value is -3.32. The number of fused-ring (bicyclic) bond motifs is 1. The number of rotatable bonds is 5. The third-order valence-electron chi connectivity index (χ3n) is 5.94. The molecule has 166 valence electrons. The average molecular weight is 451 g/mol. The summed E-state index contributed by atoms with van der Waals surface area (Å²) in [6.07, 6.45) is 0.787. The highest BCUT2D eigenvalue weighted by atomic mass is 32.2. The third-order valence-corrected chi connectivity index (χ3v) is 7.71. The van der Waals surface area contributed by atoms with Crippen LogP contribution in [0.1, 0.15) is 27.0 Å². The number of methoxy groups -OCH3 is 1. The molecule has 0 aromatic heterocycles. The summed E-state index contributed by atoms with van der Waals surface area (Å²) >= 11 is 0. The Bertz CT molecular complexity index is 1270. The molecule has 7 heteroatoms. The number of aryl methyl sites for hydroxylation is 1. The zero-order valence-electron chi connectivity index (χ0n) is 18.4. The van der Waals surface area contributed by atoms with Gasteiger partial charge in [-0.15, -0.1) is 0 Å². The van der Waals surface area contributed by atoms with Gasteiger partial charge in [-0.25, -0.2) is 8.42 Å². The van der Waals surface area contributed by atoms with Crippen LogP contribution in [-0.2, 0) is 23.0 Å². The second-order valence-corrected chi connectivity index (χ2v) is 9.84. The Labute approximate surface area is 189 Å². The number of hydrogen-bond acceptors (Lipinski definition) is 4. The van der Waals surface area contributed by atoms with Crippen molar-refractivity contribution in [3.05, 3.63) is 89.0 Å². The molecule has 3 aromatic rings. The van der Waals surface area contributed by atoms with Crippen molar-refractivity contribution in [2.45, 2.75) is 24.8 Å². The van der Waals surface area contributed by atoms with E-state index < -0.39 is 10.0 Å². The molecule has 0 N–H and O–H groups in total. The van der Waals surface area contributed by atoms with Crippen LogP contribution in [0.25, 0.3) is 0 Å². The Balaban J connectivity index is 1.66. The zero-order valence-corrected chi connectivity index (χ0v) is 19.2. The fraction of sp³-hybridized carbons (Fsp3) is 0.240. The van der Waals surface area contributed by atoms with Crippen molar-refractivity contribution < 1.29 is 17.9 Å². The Kier molecular flexibility index (Phi) is 5.93. The lowest BCUT2D eigenvalue weighted by atomic mass is 9.98. The van der Waals surface area contributed by atoms with E-state index in [4.69, 9.17) is 4.74 Å². The maximum absolute atomic E-state index is 13.4. The first-order valence-corrected chi connectivity index (χ1v) is 11.9. The first kappa shape index (κ1) is 21.9. The van der Waals surface area contributed by atoms with E-state index >= 15 is 0 Å². The number of benzene rings is 3. The number of carbonyl (C=O) groups is 1. The largest absolute Gasteiger partial charge is 0.495 e. The summed E-state index contributed by atoms with van der Waals surface area (Å²) in [5, 5.41) is 0. The molecule has 0 bridgehead atoms. The summed E-state index contributed by atoms with van der Waals surface area (Å²) in [6, 6.07) is 19.7. The molecule has 0 atom stereocenters. The number of carbonyl (C=O) groups excluding carboxylic acids is 1. The second kappa shape index (κ2) is 8.67. The van der Waals surface area contributed by atoms with Gasteiger partial charge in [0.1, 0.15) is 5.75 Å². The quantitative estimate of drug-likeness (QED) is 0.589. The molecule has 3 aromatic carbocycles. The highest BCUT2D eigenvalue weighted by molar-refractivity contribution is 7.92. The summed E-state index contributed by atoms with van der Waals surface area (Å²) in [7, 11) is -0.913. The first-order chi connectivity index (χ1) is 15.3. The molecule has 1 amide bonds. The molecule has 0 saturated carbocycles. The van der Waals surface area contributed by atoms with Gasteiger partial charge in [0, 0.05) is 25.7 Å². The number of hydrogen-bond donors (Lipinski definition) is 0. The number of anilines is 1. The van der Waals surface area contributed by atoms with E-state index in [1.807, 2.05) is 25.1 Å². The highest BCUT2D eigenvalue weighted by Crippen LogP contribution is 2.31. The van der Waals surface area contributed by atoms with E-state index in [9.17, 15) is 13.2 Å². The van der Waals surface area contributed by atoms with E-state index in [0.717, 1.165) is 17.5 Å². The lowest BCUT2D eigenvalue weighted by Gasteiger charge is -2.29. The lowest BCUT2D eigenvalue weighted by molar-refractivity contribution is 0.0733.